The molecule has 0 fully saturated rings. The van der Waals surface area contributed by atoms with Crippen LogP contribution in [0.5, 0.6) is 0 Å². The van der Waals surface area contributed by atoms with Gasteiger partial charge in [-0.3, -0.25) is 9.69 Å². The number of benzene rings is 3. The largest absolute Gasteiger partial charge is 0.378 e. The maximum absolute atomic E-state index is 13.5. The maximum Gasteiger partial charge on any atom is 0.260 e. The first-order valence-corrected chi connectivity index (χ1v) is 10.9. The third kappa shape index (κ3) is 4.21. The highest BCUT2D eigenvalue weighted by Gasteiger charge is 2.22. The Bertz CT molecular complexity index is 1150. The van der Waals surface area contributed by atoms with Gasteiger partial charge in [0, 0.05) is 25.3 Å². The van der Waals surface area contributed by atoms with Crippen LogP contribution in [0.25, 0.3) is 10.2 Å². The number of carbonyl (C=O) groups excluding carboxylic acids is 1. The molecule has 0 radical (unpaired) electrons. The number of hydrogen-bond acceptors (Lipinski definition) is 4. The topological polar surface area (TPSA) is 36.4 Å². The van der Waals surface area contributed by atoms with Gasteiger partial charge in [0.15, 0.2) is 5.13 Å². The molecule has 0 saturated heterocycles. The summed E-state index contributed by atoms with van der Waals surface area (Å²) in [5, 5.41) is 0.726. The maximum atomic E-state index is 13.5. The van der Waals surface area contributed by atoms with Gasteiger partial charge in [-0.2, -0.15) is 0 Å². The average molecular weight is 416 g/mol. The lowest BCUT2D eigenvalue weighted by atomic mass is 10.1. The predicted octanol–water partition coefficient (Wildman–Crippen LogP) is 5.77. The van der Waals surface area contributed by atoms with Gasteiger partial charge in [-0.1, -0.05) is 54.7 Å². The Morgan fingerprint density at radius 2 is 1.67 bits per heavy atom. The molecule has 30 heavy (non-hydrogen) atoms. The summed E-state index contributed by atoms with van der Waals surface area (Å²) in [5.41, 5.74) is 5.00. The molecule has 0 N–H and O–H groups in total. The van der Waals surface area contributed by atoms with Gasteiger partial charge in [-0.25, -0.2) is 4.98 Å². The second-order valence-electron chi connectivity index (χ2n) is 7.47. The molecule has 0 bridgehead atoms. The molecule has 1 aromatic heterocycles. The minimum absolute atomic E-state index is 0.0427. The van der Waals surface area contributed by atoms with Crippen molar-refractivity contribution in [3.05, 3.63) is 89.5 Å². The van der Waals surface area contributed by atoms with Gasteiger partial charge in [-0.05, 0) is 53.9 Å². The van der Waals surface area contributed by atoms with Crippen LogP contribution in [-0.4, -0.2) is 25.0 Å². The number of carbonyl (C=O) groups is 1. The highest BCUT2D eigenvalue weighted by Crippen LogP contribution is 2.32. The van der Waals surface area contributed by atoms with E-state index in [0.29, 0.717) is 12.1 Å². The number of nitrogens with zero attached hydrogens (tertiary/aromatic N) is 3. The number of aromatic nitrogens is 1. The second-order valence-corrected chi connectivity index (χ2v) is 8.48. The molecular weight excluding hydrogens is 390 g/mol. The molecule has 0 aliphatic rings. The summed E-state index contributed by atoms with van der Waals surface area (Å²) in [5.74, 6) is -0.0427. The number of rotatable bonds is 6. The van der Waals surface area contributed by atoms with E-state index < -0.39 is 0 Å². The summed E-state index contributed by atoms with van der Waals surface area (Å²) in [6.07, 6.45) is 0.980. The summed E-state index contributed by atoms with van der Waals surface area (Å²) < 4.78 is 1.11. The molecular formula is C25H25N3OS. The first-order valence-electron chi connectivity index (χ1n) is 10.1. The van der Waals surface area contributed by atoms with Gasteiger partial charge >= 0.3 is 0 Å². The van der Waals surface area contributed by atoms with Crippen molar-refractivity contribution in [2.24, 2.45) is 0 Å². The van der Waals surface area contributed by atoms with Crippen LogP contribution in [0.2, 0.25) is 0 Å². The van der Waals surface area contributed by atoms with Crippen LogP contribution in [0.1, 0.15) is 28.4 Å². The van der Waals surface area contributed by atoms with Gasteiger partial charge < -0.3 is 4.90 Å². The number of fused-ring (bicyclic) bond motifs is 1. The average Bonchev–Trinajstić information content (AvgIpc) is 3.20. The summed E-state index contributed by atoms with van der Waals surface area (Å²) in [6, 6.07) is 24.1. The zero-order valence-electron chi connectivity index (χ0n) is 17.5. The minimum atomic E-state index is -0.0427. The van der Waals surface area contributed by atoms with Crippen LogP contribution in [0.3, 0.4) is 0 Å². The molecule has 0 spiro atoms. The van der Waals surface area contributed by atoms with Crippen molar-refractivity contribution in [1.29, 1.82) is 0 Å². The lowest BCUT2D eigenvalue weighted by Crippen LogP contribution is -2.30. The molecule has 1 heterocycles. The predicted molar refractivity (Wildman–Crippen MR) is 127 cm³/mol. The molecule has 5 heteroatoms. The molecule has 0 saturated carbocycles. The Morgan fingerprint density at radius 3 is 2.33 bits per heavy atom. The molecule has 4 aromatic rings. The SMILES string of the molecule is CCc1ccc2nc(N(Cc3ccccc3)C(=O)c3ccc(N(C)C)cc3)sc2c1. The normalized spacial score (nSPS) is 10.9. The van der Waals surface area contributed by atoms with Crippen molar-refractivity contribution in [2.75, 3.05) is 23.9 Å². The van der Waals surface area contributed by atoms with Crippen molar-refractivity contribution < 1.29 is 4.79 Å². The van der Waals surface area contributed by atoms with Crippen LogP contribution >= 0.6 is 11.3 Å². The monoisotopic (exact) mass is 415 g/mol. The molecule has 0 aliphatic carbocycles. The summed E-state index contributed by atoms with van der Waals surface area (Å²) >= 11 is 1.57. The Hall–Kier alpha value is -3.18. The van der Waals surface area contributed by atoms with Gasteiger partial charge in [0.25, 0.3) is 5.91 Å². The molecule has 0 atom stereocenters. The van der Waals surface area contributed by atoms with Gasteiger partial charge in [0.05, 0.1) is 16.8 Å². The third-order valence-electron chi connectivity index (χ3n) is 5.14. The van der Waals surface area contributed by atoms with Gasteiger partial charge in [-0.15, -0.1) is 0 Å². The second kappa shape index (κ2) is 8.67. The van der Waals surface area contributed by atoms with E-state index >= 15 is 0 Å². The lowest BCUT2D eigenvalue weighted by Gasteiger charge is -2.21. The van der Waals surface area contributed by atoms with E-state index in [4.69, 9.17) is 4.98 Å². The fourth-order valence-electron chi connectivity index (χ4n) is 3.34. The fraction of sp³-hybridized carbons (Fsp3) is 0.200. The van der Waals surface area contributed by atoms with E-state index in [1.165, 1.54) is 5.56 Å². The number of amides is 1. The fourth-order valence-corrected chi connectivity index (χ4v) is 4.37. The third-order valence-corrected chi connectivity index (χ3v) is 6.18. The minimum Gasteiger partial charge on any atom is -0.378 e. The molecule has 1 amide bonds. The Balaban J connectivity index is 1.73. The van der Waals surface area contributed by atoms with Crippen molar-refractivity contribution in [3.63, 3.8) is 0 Å². The van der Waals surface area contributed by atoms with E-state index in [1.807, 2.05) is 79.7 Å². The van der Waals surface area contributed by atoms with E-state index in [-0.39, 0.29) is 5.91 Å². The zero-order chi connectivity index (χ0) is 21.1. The zero-order valence-corrected chi connectivity index (χ0v) is 18.3. The number of thiazole rings is 1. The molecule has 152 valence electrons. The highest BCUT2D eigenvalue weighted by atomic mass is 32.1. The number of aryl methyl sites for hydroxylation is 1. The van der Waals surface area contributed by atoms with Gasteiger partial charge in [0.1, 0.15) is 0 Å². The quantitative estimate of drug-likeness (QED) is 0.401. The van der Waals surface area contributed by atoms with Gasteiger partial charge in [0.2, 0.25) is 0 Å². The number of hydrogen-bond donors (Lipinski definition) is 0. The molecule has 3 aromatic carbocycles. The summed E-state index contributed by atoms with van der Waals surface area (Å²) in [6.45, 7) is 2.63. The molecule has 0 unspecified atom stereocenters. The van der Waals surface area contributed by atoms with Crippen molar-refractivity contribution in [2.45, 2.75) is 19.9 Å². The van der Waals surface area contributed by atoms with Crippen LogP contribution < -0.4 is 9.80 Å². The Labute approximate surface area is 181 Å². The van der Waals surface area contributed by atoms with Crippen molar-refractivity contribution >= 4 is 38.3 Å². The summed E-state index contributed by atoms with van der Waals surface area (Å²) in [7, 11) is 3.98. The van der Waals surface area contributed by atoms with Crippen LogP contribution in [0, 0.1) is 0 Å². The standard InChI is InChI=1S/C25H25N3OS/c1-4-18-10-15-22-23(16-18)30-25(26-22)28(17-19-8-6-5-7-9-19)24(29)20-11-13-21(14-12-20)27(2)3/h5-16H,4,17H2,1-3H3. The molecule has 0 aliphatic heterocycles. The molecule has 4 rings (SSSR count). The van der Waals surface area contributed by atoms with E-state index in [2.05, 4.69) is 19.1 Å². The van der Waals surface area contributed by atoms with Crippen molar-refractivity contribution in [1.82, 2.24) is 4.98 Å². The Morgan fingerprint density at radius 1 is 0.933 bits per heavy atom. The highest BCUT2D eigenvalue weighted by molar-refractivity contribution is 7.22. The summed E-state index contributed by atoms with van der Waals surface area (Å²) in [4.78, 5) is 22.1. The van der Waals surface area contributed by atoms with E-state index in [9.17, 15) is 4.79 Å². The smallest absolute Gasteiger partial charge is 0.260 e. The van der Waals surface area contributed by atoms with E-state index in [1.54, 1.807) is 16.2 Å². The van der Waals surface area contributed by atoms with E-state index in [0.717, 1.165) is 33.0 Å². The Kier molecular flexibility index (Phi) is 5.81. The van der Waals surface area contributed by atoms with Crippen LogP contribution in [0.15, 0.2) is 72.8 Å². The lowest BCUT2D eigenvalue weighted by molar-refractivity contribution is 0.0985. The first-order chi connectivity index (χ1) is 14.5. The van der Waals surface area contributed by atoms with Crippen LogP contribution in [0.4, 0.5) is 10.8 Å². The molecule has 4 nitrogen and oxygen atoms in total. The van der Waals surface area contributed by atoms with Crippen LogP contribution in [-0.2, 0) is 13.0 Å². The van der Waals surface area contributed by atoms with Crippen molar-refractivity contribution in [3.8, 4) is 0 Å². The first kappa shape index (κ1) is 20.1. The number of anilines is 2.